The van der Waals surface area contributed by atoms with E-state index in [4.69, 9.17) is 19.6 Å². The molecule has 3 unspecified atom stereocenters. The van der Waals surface area contributed by atoms with E-state index in [0.29, 0.717) is 6.42 Å². The molecule has 0 heterocycles. The number of carbonyl (C=O) groups is 2. The molecule has 0 fully saturated rings. The first-order valence-corrected chi connectivity index (χ1v) is 13.2. The molecule has 0 aromatic rings. The Hall–Kier alpha value is -1.92. The van der Waals surface area contributed by atoms with Gasteiger partial charge in [-0.05, 0) is 85.5 Å². The molecule has 6 nitrogen and oxygen atoms in total. The first-order chi connectivity index (χ1) is 16.4. The van der Waals surface area contributed by atoms with Crippen molar-refractivity contribution in [3.63, 3.8) is 0 Å². The van der Waals surface area contributed by atoms with Gasteiger partial charge in [-0.15, -0.1) is 0 Å². The third-order valence-corrected chi connectivity index (χ3v) is 5.54. The van der Waals surface area contributed by atoms with Gasteiger partial charge in [0.05, 0.1) is 5.92 Å². The Bertz CT molecular complexity index is 708. The fourth-order valence-corrected chi connectivity index (χ4v) is 3.68. The van der Waals surface area contributed by atoms with Gasteiger partial charge < -0.3 is 0 Å². The maximum Gasteiger partial charge on any atom is 0.346 e. The van der Waals surface area contributed by atoms with Crippen LogP contribution in [0, 0.1) is 17.8 Å². The van der Waals surface area contributed by atoms with E-state index in [1.165, 1.54) is 0 Å². The standard InChI is InChI=1S/C29H48O6/c1-8-24-21-20-23(22-25(24)27(31)33-35-29(5,6)7)18-16-14-12-10-9-11-13-15-17-19-26(30)32-34-28(2,3)4/h12,14,16,18,20-21,23-25H,8-11,13,15,17,19,22H2,1-7H3/b14-12+,18-16+. The van der Waals surface area contributed by atoms with Gasteiger partial charge >= 0.3 is 11.9 Å². The Kier molecular flexibility index (Phi) is 14.2. The lowest BCUT2D eigenvalue weighted by molar-refractivity contribution is -0.324. The van der Waals surface area contributed by atoms with Gasteiger partial charge in [0.25, 0.3) is 0 Å². The van der Waals surface area contributed by atoms with Crippen molar-refractivity contribution in [3.8, 4) is 0 Å². The monoisotopic (exact) mass is 492 g/mol. The summed E-state index contributed by atoms with van der Waals surface area (Å²) in [6.07, 6.45) is 21.1. The highest BCUT2D eigenvalue weighted by Gasteiger charge is 2.33. The third kappa shape index (κ3) is 15.6. The van der Waals surface area contributed by atoms with E-state index >= 15 is 0 Å². The number of hydrogen-bond acceptors (Lipinski definition) is 6. The van der Waals surface area contributed by atoms with Gasteiger partial charge in [0.2, 0.25) is 0 Å². The Morgan fingerprint density at radius 3 is 2.14 bits per heavy atom. The fourth-order valence-electron chi connectivity index (χ4n) is 3.68. The van der Waals surface area contributed by atoms with Crippen LogP contribution in [0.15, 0.2) is 36.5 Å². The summed E-state index contributed by atoms with van der Waals surface area (Å²) in [5.41, 5.74) is -0.983. The number of unbranched alkanes of at least 4 members (excludes halogenated alkanes) is 5. The molecular formula is C29H48O6. The summed E-state index contributed by atoms with van der Waals surface area (Å²) in [6, 6.07) is 0. The highest BCUT2D eigenvalue weighted by molar-refractivity contribution is 5.73. The van der Waals surface area contributed by atoms with E-state index < -0.39 is 11.2 Å². The average Bonchev–Trinajstić information content (AvgIpc) is 2.78. The van der Waals surface area contributed by atoms with Gasteiger partial charge in [-0.2, -0.15) is 9.78 Å². The second kappa shape index (κ2) is 15.9. The second-order valence-corrected chi connectivity index (χ2v) is 11.3. The van der Waals surface area contributed by atoms with Crippen LogP contribution in [0.5, 0.6) is 0 Å². The number of carbonyl (C=O) groups excluding carboxylic acids is 2. The largest absolute Gasteiger partial charge is 0.346 e. The lowest BCUT2D eigenvalue weighted by Gasteiger charge is -2.29. The smallest absolute Gasteiger partial charge is 0.298 e. The molecule has 1 rings (SSSR count). The molecule has 0 bridgehead atoms. The van der Waals surface area contributed by atoms with Crippen molar-refractivity contribution in [1.29, 1.82) is 0 Å². The van der Waals surface area contributed by atoms with Crippen molar-refractivity contribution in [2.45, 2.75) is 117 Å². The first-order valence-electron chi connectivity index (χ1n) is 13.2. The molecule has 1 aliphatic rings. The minimum atomic E-state index is -0.513. The summed E-state index contributed by atoms with van der Waals surface area (Å²) in [4.78, 5) is 44.3. The molecule has 0 aliphatic heterocycles. The Morgan fingerprint density at radius 2 is 1.49 bits per heavy atom. The van der Waals surface area contributed by atoms with Crippen molar-refractivity contribution in [3.05, 3.63) is 36.5 Å². The zero-order chi connectivity index (χ0) is 26.3. The lowest BCUT2D eigenvalue weighted by atomic mass is 9.77. The molecule has 0 amide bonds. The Balaban J connectivity index is 2.22. The summed E-state index contributed by atoms with van der Waals surface area (Å²) in [5.74, 6) is -0.350. The molecule has 0 aromatic heterocycles. The number of rotatable bonds is 14. The van der Waals surface area contributed by atoms with Crippen LogP contribution < -0.4 is 0 Å². The molecular weight excluding hydrogens is 444 g/mol. The predicted molar refractivity (Wildman–Crippen MR) is 139 cm³/mol. The third-order valence-electron chi connectivity index (χ3n) is 5.54. The van der Waals surface area contributed by atoms with Gasteiger partial charge in [0.1, 0.15) is 11.2 Å². The van der Waals surface area contributed by atoms with Gasteiger partial charge in [0.15, 0.2) is 0 Å². The van der Waals surface area contributed by atoms with Gasteiger partial charge in [-0.25, -0.2) is 9.59 Å². The summed E-state index contributed by atoms with van der Waals surface area (Å²) in [5, 5.41) is 0. The van der Waals surface area contributed by atoms with Crippen LogP contribution >= 0.6 is 0 Å². The molecule has 200 valence electrons. The molecule has 0 saturated carbocycles. The maximum atomic E-state index is 12.6. The van der Waals surface area contributed by atoms with Gasteiger partial charge in [-0.3, -0.25) is 9.78 Å². The van der Waals surface area contributed by atoms with E-state index in [1.807, 2.05) is 41.5 Å². The molecule has 1 aliphatic carbocycles. The topological polar surface area (TPSA) is 71.1 Å². The normalized spacial score (nSPS) is 21.1. The fraction of sp³-hybridized carbons (Fsp3) is 0.724. The Labute approximate surface area is 213 Å². The zero-order valence-corrected chi connectivity index (χ0v) is 23.0. The molecule has 0 radical (unpaired) electrons. The molecule has 0 spiro atoms. The summed E-state index contributed by atoms with van der Waals surface area (Å²) in [7, 11) is 0. The van der Waals surface area contributed by atoms with E-state index in [9.17, 15) is 9.59 Å². The van der Waals surface area contributed by atoms with Crippen LogP contribution in [-0.4, -0.2) is 23.1 Å². The summed E-state index contributed by atoms with van der Waals surface area (Å²) in [6.45, 7) is 13.2. The molecule has 0 aromatic carbocycles. The molecule has 3 atom stereocenters. The van der Waals surface area contributed by atoms with E-state index in [1.54, 1.807) is 0 Å². The number of allylic oxidation sites excluding steroid dienone is 6. The predicted octanol–water partition coefficient (Wildman–Crippen LogP) is 7.59. The van der Waals surface area contributed by atoms with E-state index in [-0.39, 0.29) is 29.7 Å². The number of hydrogen-bond donors (Lipinski definition) is 0. The van der Waals surface area contributed by atoms with Crippen LogP contribution in [0.2, 0.25) is 0 Å². The average molecular weight is 493 g/mol. The lowest BCUT2D eigenvalue weighted by Crippen LogP contribution is -2.31. The molecule has 0 N–H and O–H groups in total. The quantitative estimate of drug-likeness (QED) is 0.0817. The SMILES string of the molecule is CCC1C=CC(/C=C/C=C/CCCCCCCC(=O)OOC(C)(C)C)CC1C(=O)OOC(C)(C)C. The zero-order valence-electron chi connectivity index (χ0n) is 23.0. The van der Waals surface area contributed by atoms with Crippen molar-refractivity contribution in [2.75, 3.05) is 0 Å². The Morgan fingerprint density at radius 1 is 0.857 bits per heavy atom. The van der Waals surface area contributed by atoms with Crippen LogP contribution in [0.4, 0.5) is 0 Å². The molecule has 6 heteroatoms. The molecule has 35 heavy (non-hydrogen) atoms. The van der Waals surface area contributed by atoms with Crippen molar-refractivity contribution < 1.29 is 29.1 Å². The second-order valence-electron chi connectivity index (χ2n) is 11.3. The van der Waals surface area contributed by atoms with Crippen LogP contribution in [-0.2, 0) is 29.1 Å². The summed E-state index contributed by atoms with van der Waals surface area (Å²) >= 11 is 0. The minimum absolute atomic E-state index is 0.182. The van der Waals surface area contributed by atoms with Crippen molar-refractivity contribution in [2.24, 2.45) is 17.8 Å². The summed E-state index contributed by atoms with van der Waals surface area (Å²) < 4.78 is 0. The molecule has 0 saturated heterocycles. The minimum Gasteiger partial charge on any atom is -0.298 e. The van der Waals surface area contributed by atoms with Crippen LogP contribution in [0.25, 0.3) is 0 Å². The first kappa shape index (κ1) is 31.1. The highest BCUT2D eigenvalue weighted by Crippen LogP contribution is 2.32. The van der Waals surface area contributed by atoms with Crippen molar-refractivity contribution >= 4 is 11.9 Å². The van der Waals surface area contributed by atoms with Crippen LogP contribution in [0.1, 0.15) is 106 Å². The van der Waals surface area contributed by atoms with Gasteiger partial charge in [-0.1, -0.05) is 62.6 Å². The maximum absolute atomic E-state index is 12.6. The van der Waals surface area contributed by atoms with Gasteiger partial charge in [0, 0.05) is 6.42 Å². The highest BCUT2D eigenvalue weighted by atomic mass is 17.2. The van der Waals surface area contributed by atoms with E-state index in [0.717, 1.165) is 51.4 Å². The van der Waals surface area contributed by atoms with Crippen molar-refractivity contribution in [1.82, 2.24) is 0 Å². The van der Waals surface area contributed by atoms with Crippen LogP contribution in [0.3, 0.4) is 0 Å². The van der Waals surface area contributed by atoms with E-state index in [2.05, 4.69) is 43.4 Å².